The Balaban J connectivity index is 0.00000144. The van der Waals surface area contributed by atoms with Crippen LogP contribution < -0.4 is 5.32 Å². The lowest BCUT2D eigenvalue weighted by molar-refractivity contribution is 0.0384. The van der Waals surface area contributed by atoms with Crippen molar-refractivity contribution in [1.29, 1.82) is 0 Å². The third-order valence-electron chi connectivity index (χ3n) is 2.88. The second-order valence-electron chi connectivity index (χ2n) is 4.12. The van der Waals surface area contributed by atoms with Gasteiger partial charge in [0, 0.05) is 32.7 Å². The van der Waals surface area contributed by atoms with Gasteiger partial charge in [0.2, 0.25) is 0 Å². The molecule has 0 atom stereocenters. The van der Waals surface area contributed by atoms with Crippen LogP contribution in [0, 0.1) is 0 Å². The Morgan fingerprint density at radius 1 is 1.06 bits per heavy atom. The summed E-state index contributed by atoms with van der Waals surface area (Å²) < 4.78 is 5.31. The van der Waals surface area contributed by atoms with Gasteiger partial charge >= 0.3 is 0 Å². The highest BCUT2D eigenvalue weighted by atomic mass is 35.5. The van der Waals surface area contributed by atoms with Gasteiger partial charge in [0.1, 0.15) is 0 Å². The normalized spacial score (nSPS) is 15.6. The second kappa shape index (κ2) is 10.6. The average Bonchev–Trinajstić information content (AvgIpc) is 2.37. The van der Waals surface area contributed by atoms with Gasteiger partial charge < -0.3 is 10.1 Å². The van der Waals surface area contributed by atoms with E-state index in [0.717, 1.165) is 45.9 Å². The Kier molecular flexibility index (Phi) is 10.4. The maximum Gasteiger partial charge on any atom is 0.0594 e. The number of hydrogen-bond donors (Lipinski definition) is 1. The van der Waals surface area contributed by atoms with E-state index in [0.29, 0.717) is 0 Å². The van der Waals surface area contributed by atoms with E-state index in [1.807, 2.05) is 0 Å². The topological polar surface area (TPSA) is 24.5 Å². The van der Waals surface area contributed by atoms with Gasteiger partial charge in [-0.1, -0.05) is 30.3 Å². The first-order valence-corrected chi connectivity index (χ1v) is 6.00. The van der Waals surface area contributed by atoms with Crippen molar-refractivity contribution in [3.05, 3.63) is 35.9 Å². The smallest absolute Gasteiger partial charge is 0.0594 e. The van der Waals surface area contributed by atoms with Crippen molar-refractivity contribution in [2.75, 3.05) is 39.4 Å². The monoisotopic (exact) mass is 292 g/mol. The first-order valence-electron chi connectivity index (χ1n) is 6.00. The fourth-order valence-electron chi connectivity index (χ4n) is 1.89. The first kappa shape index (κ1) is 17.7. The molecule has 5 heteroatoms. The lowest BCUT2D eigenvalue weighted by atomic mass is 10.2. The molecule has 0 aliphatic carbocycles. The van der Waals surface area contributed by atoms with Gasteiger partial charge in [0.15, 0.2) is 0 Å². The summed E-state index contributed by atoms with van der Waals surface area (Å²) in [7, 11) is 0. The van der Waals surface area contributed by atoms with Crippen LogP contribution in [0.25, 0.3) is 0 Å². The van der Waals surface area contributed by atoms with Crippen LogP contribution in [-0.2, 0) is 11.3 Å². The highest BCUT2D eigenvalue weighted by Crippen LogP contribution is 1.98. The minimum atomic E-state index is 0. The molecule has 0 bridgehead atoms. The molecular weight excluding hydrogens is 271 g/mol. The van der Waals surface area contributed by atoms with E-state index in [1.165, 1.54) is 5.56 Å². The highest BCUT2D eigenvalue weighted by Gasteiger charge is 2.08. The molecule has 104 valence electrons. The molecule has 2 rings (SSSR count). The number of hydrogen-bond acceptors (Lipinski definition) is 3. The molecule has 1 aliphatic heterocycles. The lowest BCUT2D eigenvalue weighted by Gasteiger charge is -2.26. The van der Waals surface area contributed by atoms with Crippen LogP contribution in [-0.4, -0.2) is 44.3 Å². The number of ether oxygens (including phenoxy) is 1. The van der Waals surface area contributed by atoms with Crippen molar-refractivity contribution < 1.29 is 4.74 Å². The predicted octanol–water partition coefficient (Wildman–Crippen LogP) is 1.95. The number of morpholine rings is 1. The van der Waals surface area contributed by atoms with E-state index in [1.54, 1.807) is 0 Å². The van der Waals surface area contributed by atoms with E-state index in [4.69, 9.17) is 4.74 Å². The van der Waals surface area contributed by atoms with Gasteiger partial charge in [-0.2, -0.15) is 0 Å². The molecule has 0 amide bonds. The van der Waals surface area contributed by atoms with E-state index in [-0.39, 0.29) is 24.8 Å². The largest absolute Gasteiger partial charge is 0.379 e. The quantitative estimate of drug-likeness (QED) is 0.840. The predicted molar refractivity (Wildman–Crippen MR) is 79.9 cm³/mol. The Morgan fingerprint density at radius 3 is 2.39 bits per heavy atom. The summed E-state index contributed by atoms with van der Waals surface area (Å²) >= 11 is 0. The zero-order valence-electron chi connectivity index (χ0n) is 10.5. The summed E-state index contributed by atoms with van der Waals surface area (Å²) in [5.41, 5.74) is 1.35. The van der Waals surface area contributed by atoms with Crippen LogP contribution in [0.5, 0.6) is 0 Å². The van der Waals surface area contributed by atoms with Gasteiger partial charge in [-0.3, -0.25) is 4.90 Å². The minimum absolute atomic E-state index is 0. The molecule has 0 aromatic heterocycles. The van der Waals surface area contributed by atoms with Crippen LogP contribution in [0.15, 0.2) is 30.3 Å². The first-order chi connectivity index (χ1) is 7.95. The Hall–Kier alpha value is -0.320. The SMILES string of the molecule is Cl.Cl.c1ccc(CNCCN2CCOCC2)cc1. The molecule has 1 N–H and O–H groups in total. The van der Waals surface area contributed by atoms with Crippen LogP contribution in [0.1, 0.15) is 5.56 Å². The van der Waals surface area contributed by atoms with E-state index in [9.17, 15) is 0 Å². The third kappa shape index (κ3) is 6.57. The molecule has 0 unspecified atom stereocenters. The summed E-state index contributed by atoms with van der Waals surface area (Å²) in [6, 6.07) is 10.5. The van der Waals surface area contributed by atoms with E-state index in [2.05, 4.69) is 40.5 Å². The van der Waals surface area contributed by atoms with Crippen molar-refractivity contribution in [2.24, 2.45) is 0 Å². The highest BCUT2D eigenvalue weighted by molar-refractivity contribution is 5.85. The molecule has 1 aliphatic rings. The molecule has 18 heavy (non-hydrogen) atoms. The fraction of sp³-hybridized carbons (Fsp3) is 0.538. The third-order valence-corrected chi connectivity index (χ3v) is 2.88. The molecule has 1 heterocycles. The van der Waals surface area contributed by atoms with Gasteiger partial charge in [-0.15, -0.1) is 24.8 Å². The minimum Gasteiger partial charge on any atom is -0.379 e. The molecule has 0 spiro atoms. The maximum absolute atomic E-state index is 5.31. The Labute approximate surface area is 122 Å². The number of rotatable bonds is 5. The molecule has 1 fully saturated rings. The fourth-order valence-corrected chi connectivity index (χ4v) is 1.89. The van der Waals surface area contributed by atoms with Crippen LogP contribution >= 0.6 is 24.8 Å². The van der Waals surface area contributed by atoms with Crippen LogP contribution in [0.3, 0.4) is 0 Å². The van der Waals surface area contributed by atoms with Crippen LogP contribution in [0.2, 0.25) is 0 Å². The van der Waals surface area contributed by atoms with Crippen molar-refractivity contribution >= 4 is 24.8 Å². The van der Waals surface area contributed by atoms with Gasteiger partial charge in [-0.25, -0.2) is 0 Å². The van der Waals surface area contributed by atoms with Gasteiger partial charge in [-0.05, 0) is 5.56 Å². The summed E-state index contributed by atoms with van der Waals surface area (Å²) in [6.45, 7) is 7.06. The summed E-state index contributed by atoms with van der Waals surface area (Å²) in [5.74, 6) is 0. The zero-order chi connectivity index (χ0) is 11.1. The maximum atomic E-state index is 5.31. The van der Waals surface area contributed by atoms with Gasteiger partial charge in [0.05, 0.1) is 13.2 Å². The van der Waals surface area contributed by atoms with Crippen LogP contribution in [0.4, 0.5) is 0 Å². The molecule has 1 aromatic carbocycles. The molecule has 1 saturated heterocycles. The van der Waals surface area contributed by atoms with E-state index >= 15 is 0 Å². The molecular formula is C13H22Cl2N2O. The number of benzene rings is 1. The number of nitrogens with one attached hydrogen (secondary N) is 1. The van der Waals surface area contributed by atoms with E-state index < -0.39 is 0 Å². The summed E-state index contributed by atoms with van der Waals surface area (Å²) in [4.78, 5) is 2.45. The van der Waals surface area contributed by atoms with Crippen molar-refractivity contribution in [3.63, 3.8) is 0 Å². The van der Waals surface area contributed by atoms with Gasteiger partial charge in [0.25, 0.3) is 0 Å². The Morgan fingerprint density at radius 2 is 1.72 bits per heavy atom. The molecule has 0 saturated carbocycles. The standard InChI is InChI=1S/C13H20N2O.2ClH/c1-2-4-13(5-3-1)12-14-6-7-15-8-10-16-11-9-15;;/h1-5,14H,6-12H2;2*1H. The average molecular weight is 293 g/mol. The number of halogens is 2. The zero-order valence-corrected chi connectivity index (χ0v) is 12.1. The second-order valence-corrected chi connectivity index (χ2v) is 4.12. The van der Waals surface area contributed by atoms with Crippen molar-refractivity contribution in [2.45, 2.75) is 6.54 Å². The Bertz CT molecular complexity index is 292. The molecule has 0 radical (unpaired) electrons. The van der Waals surface area contributed by atoms with Crippen molar-refractivity contribution in [1.82, 2.24) is 10.2 Å². The molecule has 3 nitrogen and oxygen atoms in total. The summed E-state index contributed by atoms with van der Waals surface area (Å²) in [5, 5.41) is 3.47. The summed E-state index contributed by atoms with van der Waals surface area (Å²) in [6.07, 6.45) is 0. The number of nitrogens with zero attached hydrogens (tertiary/aromatic N) is 1. The molecule has 1 aromatic rings. The van der Waals surface area contributed by atoms with Crippen molar-refractivity contribution in [3.8, 4) is 0 Å². The lowest BCUT2D eigenvalue weighted by Crippen LogP contribution is -2.40.